The zero-order valence-electron chi connectivity index (χ0n) is 13.4. The van der Waals surface area contributed by atoms with Crippen LogP contribution in [0.3, 0.4) is 0 Å². The van der Waals surface area contributed by atoms with E-state index in [1.807, 2.05) is 4.68 Å². The number of rotatable bonds is 5. The summed E-state index contributed by atoms with van der Waals surface area (Å²) in [5.41, 5.74) is 9.21. The van der Waals surface area contributed by atoms with Crippen molar-refractivity contribution in [1.82, 2.24) is 14.8 Å². The number of Topliss-reactive ketones (excluding diaryl/α,β-unsaturated/α-hetero) is 1. The van der Waals surface area contributed by atoms with Gasteiger partial charge >= 0.3 is 0 Å². The number of anilines is 1. The third kappa shape index (κ3) is 2.38. The molecule has 118 valence electrons. The summed E-state index contributed by atoms with van der Waals surface area (Å²) in [6.45, 7) is 5.10. The molecule has 0 saturated heterocycles. The van der Waals surface area contributed by atoms with Gasteiger partial charge in [0.15, 0.2) is 11.4 Å². The number of nitrogens with two attached hydrogens (primary N) is 1. The number of fused-ring (bicyclic) bond motifs is 2. The molecule has 0 radical (unpaired) electrons. The van der Waals surface area contributed by atoms with Crippen molar-refractivity contribution in [2.75, 3.05) is 5.73 Å². The van der Waals surface area contributed by atoms with Gasteiger partial charge in [0, 0.05) is 12.5 Å². The topological polar surface area (TPSA) is 73.8 Å². The summed E-state index contributed by atoms with van der Waals surface area (Å²) in [5, 5.41) is 5.25. The minimum atomic E-state index is 0.0913. The Morgan fingerprint density at radius 2 is 2.18 bits per heavy atom. The minimum absolute atomic E-state index is 0.0913. The Morgan fingerprint density at radius 3 is 2.91 bits per heavy atom. The first-order valence-corrected chi connectivity index (χ1v) is 8.35. The number of hydrogen-bond donors (Lipinski definition) is 1. The van der Waals surface area contributed by atoms with Crippen molar-refractivity contribution in [2.45, 2.75) is 58.9 Å². The molecule has 1 aliphatic carbocycles. The van der Waals surface area contributed by atoms with Crippen LogP contribution in [0.4, 0.5) is 5.69 Å². The van der Waals surface area contributed by atoms with Gasteiger partial charge in [0.25, 0.3) is 0 Å². The van der Waals surface area contributed by atoms with E-state index < -0.39 is 0 Å². The second-order valence-corrected chi connectivity index (χ2v) is 6.17. The van der Waals surface area contributed by atoms with Crippen molar-refractivity contribution >= 4 is 22.5 Å². The molecule has 1 aliphatic rings. The van der Waals surface area contributed by atoms with E-state index in [1.165, 1.54) is 12.8 Å². The van der Waals surface area contributed by atoms with E-state index in [0.29, 0.717) is 11.3 Å². The lowest BCUT2D eigenvalue weighted by Crippen LogP contribution is -2.24. The first-order chi connectivity index (χ1) is 10.7. The van der Waals surface area contributed by atoms with Gasteiger partial charge in [-0.25, -0.2) is 9.67 Å². The number of ketones is 1. The van der Waals surface area contributed by atoms with Crippen molar-refractivity contribution in [1.29, 1.82) is 0 Å². The monoisotopic (exact) mass is 300 g/mol. The second kappa shape index (κ2) is 6.07. The van der Waals surface area contributed by atoms with Gasteiger partial charge in [-0.3, -0.25) is 4.79 Å². The first-order valence-electron chi connectivity index (χ1n) is 8.35. The lowest BCUT2D eigenvalue weighted by molar-refractivity contribution is 0.0898. The summed E-state index contributed by atoms with van der Waals surface area (Å²) in [6.07, 6.45) is 7.78. The Labute approximate surface area is 130 Å². The average molecular weight is 300 g/mol. The number of nitrogen functional groups attached to an aromatic ring is 1. The molecule has 0 fully saturated rings. The molecule has 2 heterocycles. The molecular weight excluding hydrogens is 276 g/mol. The number of aromatic nitrogens is 3. The molecule has 1 unspecified atom stereocenters. The van der Waals surface area contributed by atoms with Crippen LogP contribution >= 0.6 is 0 Å². The molecule has 1 atom stereocenters. The Morgan fingerprint density at radius 1 is 1.36 bits per heavy atom. The molecule has 5 nitrogen and oxygen atoms in total. The number of carbonyl (C=O) groups is 1. The summed E-state index contributed by atoms with van der Waals surface area (Å²) in [5.74, 6) is 0.253. The maximum atomic E-state index is 12.6. The standard InChI is InChI=1S/C17H24N4O/c1-3-5-6-9-21-17-12(10-19-21)15(18)14-13(20-17)8-7-11(4-2)16(14)22/h10-11H,3-9H2,1-2H3,(H2,18,20). The van der Waals surface area contributed by atoms with Crippen LogP contribution in [0, 0.1) is 5.92 Å². The zero-order valence-corrected chi connectivity index (χ0v) is 13.4. The molecular formula is C17H24N4O. The smallest absolute Gasteiger partial charge is 0.169 e. The summed E-state index contributed by atoms with van der Waals surface area (Å²) in [4.78, 5) is 17.3. The SMILES string of the molecule is CCCCCn1ncc2c(N)c3c(nc21)CCC(CC)C3=O. The molecule has 0 aromatic carbocycles. The van der Waals surface area contributed by atoms with Crippen LogP contribution in [0.25, 0.3) is 11.0 Å². The van der Waals surface area contributed by atoms with E-state index in [-0.39, 0.29) is 11.7 Å². The van der Waals surface area contributed by atoms with Crippen LogP contribution in [0.5, 0.6) is 0 Å². The van der Waals surface area contributed by atoms with Crippen LogP contribution < -0.4 is 5.73 Å². The molecule has 5 heteroatoms. The molecule has 0 saturated carbocycles. The van der Waals surface area contributed by atoms with Gasteiger partial charge in [-0.15, -0.1) is 0 Å². The van der Waals surface area contributed by atoms with Crippen molar-refractivity contribution in [2.24, 2.45) is 5.92 Å². The zero-order chi connectivity index (χ0) is 15.7. The summed E-state index contributed by atoms with van der Waals surface area (Å²) in [6, 6.07) is 0. The fourth-order valence-electron chi connectivity index (χ4n) is 3.33. The molecule has 2 N–H and O–H groups in total. The maximum Gasteiger partial charge on any atom is 0.169 e. The highest BCUT2D eigenvalue weighted by molar-refractivity contribution is 6.09. The van der Waals surface area contributed by atoms with E-state index in [1.54, 1.807) is 6.20 Å². The Hall–Kier alpha value is -1.91. The van der Waals surface area contributed by atoms with Crippen LogP contribution in [-0.2, 0) is 13.0 Å². The lowest BCUT2D eigenvalue weighted by Gasteiger charge is -2.23. The molecule has 0 bridgehead atoms. The number of aryl methyl sites for hydroxylation is 2. The van der Waals surface area contributed by atoms with E-state index in [0.717, 1.165) is 49.0 Å². The molecule has 0 amide bonds. The van der Waals surface area contributed by atoms with Crippen molar-refractivity contribution in [3.8, 4) is 0 Å². The first kappa shape index (κ1) is 15.0. The van der Waals surface area contributed by atoms with Crippen molar-refractivity contribution in [3.05, 3.63) is 17.5 Å². The van der Waals surface area contributed by atoms with Gasteiger partial charge in [-0.05, 0) is 25.7 Å². The maximum absolute atomic E-state index is 12.6. The van der Waals surface area contributed by atoms with Crippen molar-refractivity contribution < 1.29 is 4.79 Å². The predicted molar refractivity (Wildman–Crippen MR) is 87.9 cm³/mol. The predicted octanol–water partition coefficient (Wildman–Crippen LogP) is 3.36. The normalized spacial score (nSPS) is 17.9. The van der Waals surface area contributed by atoms with Crippen LogP contribution in [0.15, 0.2) is 6.20 Å². The largest absolute Gasteiger partial charge is 0.397 e. The number of unbranched alkanes of at least 4 members (excludes halogenated alkanes) is 2. The molecule has 2 aromatic rings. The van der Waals surface area contributed by atoms with E-state index in [4.69, 9.17) is 10.7 Å². The summed E-state index contributed by atoms with van der Waals surface area (Å²) < 4.78 is 1.93. The summed E-state index contributed by atoms with van der Waals surface area (Å²) >= 11 is 0. The molecule has 22 heavy (non-hydrogen) atoms. The number of carbonyl (C=O) groups excluding carboxylic acids is 1. The van der Waals surface area contributed by atoms with Crippen molar-refractivity contribution in [3.63, 3.8) is 0 Å². The fraction of sp³-hybridized carbons (Fsp3) is 0.588. The van der Waals surface area contributed by atoms with Gasteiger partial charge in [0.1, 0.15) is 0 Å². The van der Waals surface area contributed by atoms with Crippen LogP contribution in [0.2, 0.25) is 0 Å². The number of pyridine rings is 1. The molecule has 3 rings (SSSR count). The van der Waals surface area contributed by atoms with Gasteiger partial charge in [0.05, 0.1) is 28.5 Å². The van der Waals surface area contributed by atoms with Crippen LogP contribution in [-0.4, -0.2) is 20.5 Å². The van der Waals surface area contributed by atoms with Crippen LogP contribution in [0.1, 0.15) is 62.0 Å². The number of nitrogens with zero attached hydrogens (tertiary/aromatic N) is 3. The molecule has 0 aliphatic heterocycles. The Bertz CT molecular complexity index is 704. The second-order valence-electron chi connectivity index (χ2n) is 6.17. The van der Waals surface area contributed by atoms with E-state index in [2.05, 4.69) is 18.9 Å². The highest BCUT2D eigenvalue weighted by Crippen LogP contribution is 2.34. The molecule has 0 spiro atoms. The fourth-order valence-corrected chi connectivity index (χ4v) is 3.33. The lowest BCUT2D eigenvalue weighted by atomic mass is 9.83. The Kier molecular flexibility index (Phi) is 4.14. The molecule has 2 aromatic heterocycles. The summed E-state index contributed by atoms with van der Waals surface area (Å²) in [7, 11) is 0. The third-order valence-corrected chi connectivity index (χ3v) is 4.71. The van der Waals surface area contributed by atoms with Gasteiger partial charge in [0.2, 0.25) is 0 Å². The number of hydrogen-bond acceptors (Lipinski definition) is 4. The Balaban J connectivity index is 2.03. The highest BCUT2D eigenvalue weighted by Gasteiger charge is 2.30. The highest BCUT2D eigenvalue weighted by atomic mass is 16.1. The third-order valence-electron chi connectivity index (χ3n) is 4.71. The van der Waals surface area contributed by atoms with Gasteiger partial charge in [-0.2, -0.15) is 5.10 Å². The minimum Gasteiger partial charge on any atom is -0.397 e. The van der Waals surface area contributed by atoms with Gasteiger partial charge < -0.3 is 5.73 Å². The van der Waals surface area contributed by atoms with E-state index >= 15 is 0 Å². The van der Waals surface area contributed by atoms with Gasteiger partial charge in [-0.1, -0.05) is 26.7 Å². The average Bonchev–Trinajstić information content (AvgIpc) is 2.91. The van der Waals surface area contributed by atoms with E-state index in [9.17, 15) is 4.79 Å². The quantitative estimate of drug-likeness (QED) is 0.859.